The summed E-state index contributed by atoms with van der Waals surface area (Å²) in [6, 6.07) is 16.7. The van der Waals surface area contributed by atoms with Crippen LogP contribution >= 0.6 is 0 Å². The summed E-state index contributed by atoms with van der Waals surface area (Å²) in [4.78, 5) is 16.1. The van der Waals surface area contributed by atoms with Crippen molar-refractivity contribution in [2.75, 3.05) is 0 Å². The number of aromatic nitrogens is 3. The summed E-state index contributed by atoms with van der Waals surface area (Å²) >= 11 is 0. The van der Waals surface area contributed by atoms with E-state index in [0.29, 0.717) is 17.4 Å². The molecule has 0 unspecified atom stereocenters. The molecule has 26 heavy (non-hydrogen) atoms. The second-order valence-electron chi connectivity index (χ2n) is 5.33. The van der Waals surface area contributed by atoms with Gasteiger partial charge in [0.05, 0.1) is 0 Å². The number of carbonyl (C=O) groups is 1. The highest BCUT2D eigenvalue weighted by molar-refractivity contribution is 5.86. The molecule has 7 nitrogen and oxygen atoms in total. The van der Waals surface area contributed by atoms with Crippen LogP contribution < -0.4 is 0 Å². The molecule has 0 N–H and O–H groups in total. The van der Waals surface area contributed by atoms with Crippen molar-refractivity contribution in [3.8, 4) is 11.5 Å². The zero-order chi connectivity index (χ0) is 17.8. The Morgan fingerprint density at radius 2 is 1.81 bits per heavy atom. The predicted molar refractivity (Wildman–Crippen MR) is 92.6 cm³/mol. The maximum absolute atomic E-state index is 11.8. The molecule has 0 aliphatic rings. The van der Waals surface area contributed by atoms with Crippen LogP contribution in [0, 0.1) is 0 Å². The number of oxazole rings is 1. The van der Waals surface area contributed by atoms with E-state index >= 15 is 0 Å². The van der Waals surface area contributed by atoms with Crippen LogP contribution in [0.25, 0.3) is 28.6 Å². The van der Waals surface area contributed by atoms with Crippen LogP contribution in [0.1, 0.15) is 11.8 Å². The fourth-order valence-electron chi connectivity index (χ4n) is 2.29. The molecule has 128 valence electrons. The molecule has 0 fully saturated rings. The summed E-state index contributed by atoms with van der Waals surface area (Å²) in [5, 5.41) is 7.79. The van der Waals surface area contributed by atoms with Gasteiger partial charge in [-0.25, -0.2) is 9.78 Å². The third-order valence-corrected chi connectivity index (χ3v) is 3.50. The van der Waals surface area contributed by atoms with Crippen molar-refractivity contribution in [3.05, 3.63) is 72.5 Å². The van der Waals surface area contributed by atoms with Crippen molar-refractivity contribution in [1.82, 2.24) is 15.2 Å². The van der Waals surface area contributed by atoms with Gasteiger partial charge in [0.1, 0.15) is 5.52 Å². The van der Waals surface area contributed by atoms with Crippen LogP contribution in [0.2, 0.25) is 0 Å². The average molecular weight is 347 g/mol. The van der Waals surface area contributed by atoms with Gasteiger partial charge in [-0.1, -0.05) is 30.3 Å². The highest BCUT2D eigenvalue weighted by Crippen LogP contribution is 2.17. The molecule has 0 radical (unpaired) electrons. The van der Waals surface area contributed by atoms with E-state index < -0.39 is 5.97 Å². The Kier molecular flexibility index (Phi) is 4.26. The van der Waals surface area contributed by atoms with Crippen molar-refractivity contribution in [2.24, 2.45) is 0 Å². The number of hydrogen-bond acceptors (Lipinski definition) is 7. The molecule has 7 heteroatoms. The summed E-state index contributed by atoms with van der Waals surface area (Å²) < 4.78 is 16.0. The fourth-order valence-corrected chi connectivity index (χ4v) is 2.29. The number of fused-ring (bicyclic) bond motifs is 1. The second kappa shape index (κ2) is 7.02. The van der Waals surface area contributed by atoms with Gasteiger partial charge in [-0.3, -0.25) is 0 Å². The molecule has 4 aromatic rings. The van der Waals surface area contributed by atoms with Crippen molar-refractivity contribution >= 4 is 23.1 Å². The Bertz CT molecular complexity index is 1030. The van der Waals surface area contributed by atoms with E-state index in [4.69, 9.17) is 13.6 Å². The molecule has 0 bridgehead atoms. The van der Waals surface area contributed by atoms with Gasteiger partial charge < -0.3 is 13.6 Å². The molecule has 0 spiro atoms. The predicted octanol–water partition coefficient (Wildman–Crippen LogP) is 3.63. The van der Waals surface area contributed by atoms with Crippen LogP contribution in [0.4, 0.5) is 0 Å². The zero-order valence-corrected chi connectivity index (χ0v) is 13.5. The Labute approximate surface area is 147 Å². The number of para-hydroxylation sites is 2. The number of esters is 1. The van der Waals surface area contributed by atoms with Crippen LogP contribution in [-0.2, 0) is 16.1 Å². The van der Waals surface area contributed by atoms with Gasteiger partial charge in [-0.2, -0.15) is 0 Å². The van der Waals surface area contributed by atoms with Gasteiger partial charge in [-0.05, 0) is 24.3 Å². The SMILES string of the molecule is O=C(/C=C/c1nc2ccccc2o1)OCc1nnc(-c2ccccc2)o1. The zero-order valence-electron chi connectivity index (χ0n) is 13.5. The normalized spacial score (nSPS) is 11.2. The highest BCUT2D eigenvalue weighted by Gasteiger charge is 2.10. The first-order valence-corrected chi connectivity index (χ1v) is 7.86. The summed E-state index contributed by atoms with van der Waals surface area (Å²) in [6.07, 6.45) is 2.69. The lowest BCUT2D eigenvalue weighted by Gasteiger charge is -1.96. The van der Waals surface area contributed by atoms with Gasteiger partial charge in [0.25, 0.3) is 5.89 Å². The summed E-state index contributed by atoms with van der Waals surface area (Å²) in [5.41, 5.74) is 2.17. The van der Waals surface area contributed by atoms with E-state index in [1.807, 2.05) is 48.5 Å². The quantitative estimate of drug-likeness (QED) is 0.402. The number of carbonyl (C=O) groups excluding carboxylic acids is 1. The standard InChI is InChI=1S/C19H13N3O4/c23-18(11-10-16-20-14-8-4-5-9-15(14)25-16)24-12-17-21-22-19(26-17)13-6-2-1-3-7-13/h1-11H,12H2/b11-10+. The van der Waals surface area contributed by atoms with E-state index in [2.05, 4.69) is 15.2 Å². The molecule has 0 aliphatic carbocycles. The lowest BCUT2D eigenvalue weighted by Crippen LogP contribution is -2.00. The summed E-state index contributed by atoms with van der Waals surface area (Å²) in [5.74, 6) is 0.352. The molecule has 2 heterocycles. The van der Waals surface area contributed by atoms with E-state index in [-0.39, 0.29) is 12.5 Å². The van der Waals surface area contributed by atoms with Gasteiger partial charge >= 0.3 is 5.97 Å². The number of hydrogen-bond donors (Lipinski definition) is 0. The molecular weight excluding hydrogens is 334 g/mol. The first kappa shape index (κ1) is 15.8. The van der Waals surface area contributed by atoms with Crippen LogP contribution in [0.15, 0.2) is 69.5 Å². The summed E-state index contributed by atoms with van der Waals surface area (Å²) in [6.45, 7) is -0.115. The molecule has 4 rings (SSSR count). The number of rotatable bonds is 5. The van der Waals surface area contributed by atoms with Crippen LogP contribution in [0.3, 0.4) is 0 Å². The van der Waals surface area contributed by atoms with E-state index in [1.54, 1.807) is 6.07 Å². The first-order valence-electron chi connectivity index (χ1n) is 7.86. The topological polar surface area (TPSA) is 91.2 Å². The maximum atomic E-state index is 11.8. The van der Waals surface area contributed by atoms with Gasteiger partial charge in [0.2, 0.25) is 11.8 Å². The van der Waals surface area contributed by atoms with Gasteiger partial charge in [0.15, 0.2) is 12.2 Å². The molecule has 2 aromatic carbocycles. The van der Waals surface area contributed by atoms with Crippen molar-refractivity contribution < 1.29 is 18.4 Å². The van der Waals surface area contributed by atoms with Crippen molar-refractivity contribution in [2.45, 2.75) is 6.61 Å². The lowest BCUT2D eigenvalue weighted by molar-refractivity contribution is -0.139. The largest absolute Gasteiger partial charge is 0.452 e. The van der Waals surface area contributed by atoms with Crippen molar-refractivity contribution in [1.29, 1.82) is 0 Å². The Hall–Kier alpha value is -3.74. The van der Waals surface area contributed by atoms with Gasteiger partial charge in [0, 0.05) is 17.7 Å². The van der Waals surface area contributed by atoms with E-state index in [0.717, 1.165) is 11.1 Å². The van der Waals surface area contributed by atoms with Crippen LogP contribution in [-0.4, -0.2) is 21.2 Å². The maximum Gasteiger partial charge on any atom is 0.331 e. The Balaban J connectivity index is 1.36. The number of ether oxygens (including phenoxy) is 1. The lowest BCUT2D eigenvalue weighted by atomic mass is 10.2. The Morgan fingerprint density at radius 3 is 2.65 bits per heavy atom. The summed E-state index contributed by atoms with van der Waals surface area (Å²) in [7, 11) is 0. The second-order valence-corrected chi connectivity index (χ2v) is 5.33. The minimum absolute atomic E-state index is 0.115. The van der Waals surface area contributed by atoms with Crippen LogP contribution in [0.5, 0.6) is 0 Å². The molecule has 0 aliphatic heterocycles. The average Bonchev–Trinajstić information content (AvgIpc) is 3.32. The monoisotopic (exact) mass is 347 g/mol. The minimum atomic E-state index is -0.563. The third-order valence-electron chi connectivity index (χ3n) is 3.50. The molecular formula is C19H13N3O4. The van der Waals surface area contributed by atoms with Gasteiger partial charge in [-0.15, -0.1) is 10.2 Å². The molecule has 0 amide bonds. The third kappa shape index (κ3) is 3.51. The number of benzene rings is 2. The molecule has 2 aromatic heterocycles. The fraction of sp³-hybridized carbons (Fsp3) is 0.0526. The first-order chi connectivity index (χ1) is 12.8. The minimum Gasteiger partial charge on any atom is -0.452 e. The molecule has 0 saturated carbocycles. The molecule has 0 atom stereocenters. The smallest absolute Gasteiger partial charge is 0.331 e. The molecule has 0 saturated heterocycles. The van der Waals surface area contributed by atoms with Crippen molar-refractivity contribution in [3.63, 3.8) is 0 Å². The van der Waals surface area contributed by atoms with E-state index in [9.17, 15) is 4.79 Å². The number of nitrogens with zero attached hydrogens (tertiary/aromatic N) is 3. The highest BCUT2D eigenvalue weighted by atomic mass is 16.5. The Morgan fingerprint density at radius 1 is 1.00 bits per heavy atom. The van der Waals surface area contributed by atoms with E-state index in [1.165, 1.54) is 12.2 Å².